The van der Waals surface area contributed by atoms with Gasteiger partial charge in [-0.3, -0.25) is 14.3 Å². The molecule has 30 heavy (non-hydrogen) atoms. The Morgan fingerprint density at radius 1 is 1.23 bits per heavy atom. The smallest absolute Gasteiger partial charge is 0.228 e. The fourth-order valence-electron chi connectivity index (χ4n) is 3.84. The molecule has 0 spiro atoms. The highest BCUT2D eigenvalue weighted by molar-refractivity contribution is 5.94. The van der Waals surface area contributed by atoms with E-state index in [-0.39, 0.29) is 24.4 Å². The number of likely N-dealkylation sites (tertiary alicyclic amines) is 1. The molecule has 2 unspecified atom stereocenters. The summed E-state index contributed by atoms with van der Waals surface area (Å²) in [6.45, 7) is 3.60. The number of halogens is 1. The zero-order chi connectivity index (χ0) is 21.1. The van der Waals surface area contributed by atoms with Gasteiger partial charge in [-0.15, -0.1) is 0 Å². The normalized spacial score (nSPS) is 17.9. The molecule has 7 heteroatoms. The highest BCUT2D eigenvalue weighted by Crippen LogP contribution is 2.27. The third-order valence-electron chi connectivity index (χ3n) is 5.26. The van der Waals surface area contributed by atoms with Gasteiger partial charge in [0.15, 0.2) is 0 Å². The zero-order valence-electron chi connectivity index (χ0n) is 16.8. The van der Waals surface area contributed by atoms with E-state index in [2.05, 4.69) is 4.90 Å². The second kappa shape index (κ2) is 8.85. The van der Waals surface area contributed by atoms with E-state index in [9.17, 15) is 14.3 Å². The minimum absolute atomic E-state index is 0.0103. The molecule has 4 rings (SSSR count). The van der Waals surface area contributed by atoms with Crippen LogP contribution >= 0.6 is 0 Å². The number of carbonyl (C=O) groups excluding carboxylic acids is 1. The van der Waals surface area contributed by atoms with Crippen LogP contribution in [0.25, 0.3) is 10.9 Å². The molecular weight excluding hydrogens is 387 g/mol. The van der Waals surface area contributed by atoms with Crippen molar-refractivity contribution in [3.8, 4) is 11.5 Å². The summed E-state index contributed by atoms with van der Waals surface area (Å²) < 4.78 is 26.3. The molecular formula is C23H25FN2O4. The molecule has 0 amide bonds. The van der Waals surface area contributed by atoms with Crippen molar-refractivity contribution in [2.75, 3.05) is 26.2 Å². The van der Waals surface area contributed by atoms with Gasteiger partial charge in [0.05, 0.1) is 5.52 Å². The van der Waals surface area contributed by atoms with Crippen LogP contribution < -0.4 is 9.47 Å². The number of aromatic nitrogens is 1. The van der Waals surface area contributed by atoms with Crippen molar-refractivity contribution in [1.82, 2.24) is 9.47 Å². The van der Waals surface area contributed by atoms with Gasteiger partial charge in [-0.1, -0.05) is 12.1 Å². The molecule has 1 saturated heterocycles. The van der Waals surface area contributed by atoms with Crippen LogP contribution in [0.4, 0.5) is 4.39 Å². The van der Waals surface area contributed by atoms with Crippen LogP contribution in [0.5, 0.6) is 11.5 Å². The first-order chi connectivity index (χ1) is 14.5. The average molecular weight is 412 g/mol. The molecule has 1 fully saturated rings. The Kier molecular flexibility index (Phi) is 6.01. The summed E-state index contributed by atoms with van der Waals surface area (Å²) in [6, 6.07) is 13.5. The molecule has 2 aromatic carbocycles. The van der Waals surface area contributed by atoms with Gasteiger partial charge in [0, 0.05) is 38.1 Å². The molecule has 0 aliphatic carbocycles. The van der Waals surface area contributed by atoms with Crippen LogP contribution in [0, 0.1) is 5.82 Å². The second-order valence-corrected chi connectivity index (χ2v) is 7.61. The Balaban J connectivity index is 1.30. The minimum Gasteiger partial charge on any atom is -0.489 e. The molecule has 1 N–H and O–H groups in total. The van der Waals surface area contributed by atoms with Gasteiger partial charge >= 0.3 is 0 Å². The quantitative estimate of drug-likeness (QED) is 0.645. The molecule has 158 valence electrons. The summed E-state index contributed by atoms with van der Waals surface area (Å²) in [6.07, 6.45) is 1.90. The standard InChI is InChI=1S/C23H25FN2O4/c1-16(27)26-12-9-17-3-2-4-22(23(17)26)29-15-19(28)13-25-11-10-21(14-25)30-20-7-5-18(24)6-8-20/h2-9,12,19,21,28H,10-11,13-15H2,1H3. The Labute approximate surface area is 174 Å². The van der Waals surface area contributed by atoms with Crippen LogP contribution in [0.3, 0.4) is 0 Å². The predicted octanol–water partition coefficient (Wildman–Crippen LogP) is 3.33. The van der Waals surface area contributed by atoms with Crippen molar-refractivity contribution in [2.45, 2.75) is 25.6 Å². The van der Waals surface area contributed by atoms with Gasteiger partial charge in [0.2, 0.25) is 5.91 Å². The van der Waals surface area contributed by atoms with Crippen molar-refractivity contribution < 1.29 is 23.8 Å². The van der Waals surface area contributed by atoms with Crippen molar-refractivity contribution >= 4 is 16.8 Å². The number of aliphatic hydroxyl groups excluding tert-OH is 1. The largest absolute Gasteiger partial charge is 0.489 e. The molecule has 0 bridgehead atoms. The molecule has 1 aromatic heterocycles. The summed E-state index contributed by atoms with van der Waals surface area (Å²) in [4.78, 5) is 14.0. The highest BCUT2D eigenvalue weighted by atomic mass is 19.1. The van der Waals surface area contributed by atoms with E-state index in [0.29, 0.717) is 30.1 Å². The third-order valence-corrected chi connectivity index (χ3v) is 5.26. The van der Waals surface area contributed by atoms with Crippen LogP contribution in [0.2, 0.25) is 0 Å². The summed E-state index contributed by atoms with van der Waals surface area (Å²) in [5.41, 5.74) is 0.714. The number of nitrogens with zero attached hydrogens (tertiary/aromatic N) is 2. The van der Waals surface area contributed by atoms with E-state index < -0.39 is 6.10 Å². The number of benzene rings is 2. The molecule has 0 saturated carbocycles. The maximum atomic E-state index is 13.0. The number of ether oxygens (including phenoxy) is 2. The third kappa shape index (κ3) is 4.63. The summed E-state index contributed by atoms with van der Waals surface area (Å²) in [7, 11) is 0. The lowest BCUT2D eigenvalue weighted by atomic mass is 10.2. The Bertz CT molecular complexity index is 1020. The Morgan fingerprint density at radius 2 is 2.03 bits per heavy atom. The van der Waals surface area contributed by atoms with E-state index in [1.54, 1.807) is 29.0 Å². The lowest BCUT2D eigenvalue weighted by molar-refractivity contribution is 0.0724. The number of carbonyl (C=O) groups is 1. The second-order valence-electron chi connectivity index (χ2n) is 7.61. The van der Waals surface area contributed by atoms with Crippen LogP contribution in [0.15, 0.2) is 54.7 Å². The van der Waals surface area contributed by atoms with E-state index in [1.165, 1.54) is 19.1 Å². The highest BCUT2D eigenvalue weighted by Gasteiger charge is 2.26. The van der Waals surface area contributed by atoms with Gasteiger partial charge in [0.1, 0.15) is 36.1 Å². The average Bonchev–Trinajstić information content (AvgIpc) is 3.35. The van der Waals surface area contributed by atoms with Crippen LogP contribution in [-0.2, 0) is 0 Å². The van der Waals surface area contributed by atoms with Gasteiger partial charge < -0.3 is 14.6 Å². The zero-order valence-corrected chi connectivity index (χ0v) is 16.8. The first kappa shape index (κ1) is 20.4. The lowest BCUT2D eigenvalue weighted by Gasteiger charge is -2.21. The van der Waals surface area contributed by atoms with E-state index in [0.717, 1.165) is 18.4 Å². The van der Waals surface area contributed by atoms with Crippen molar-refractivity contribution in [3.05, 3.63) is 60.5 Å². The summed E-state index contributed by atoms with van der Waals surface area (Å²) in [5, 5.41) is 11.4. The maximum Gasteiger partial charge on any atom is 0.228 e. The summed E-state index contributed by atoms with van der Waals surface area (Å²) >= 11 is 0. The molecule has 0 radical (unpaired) electrons. The van der Waals surface area contributed by atoms with E-state index in [4.69, 9.17) is 9.47 Å². The fourth-order valence-corrected chi connectivity index (χ4v) is 3.84. The molecule has 6 nitrogen and oxygen atoms in total. The number of para-hydroxylation sites is 1. The first-order valence-corrected chi connectivity index (χ1v) is 10.1. The van der Waals surface area contributed by atoms with Crippen molar-refractivity contribution in [2.24, 2.45) is 0 Å². The lowest BCUT2D eigenvalue weighted by Crippen LogP contribution is -2.35. The number of β-amino-alcohol motifs (C(OH)–C–C–N with tert-alkyl or cyclic N) is 1. The molecule has 2 atom stereocenters. The monoisotopic (exact) mass is 412 g/mol. The maximum absolute atomic E-state index is 13.0. The fraction of sp³-hybridized carbons (Fsp3) is 0.348. The van der Waals surface area contributed by atoms with E-state index in [1.807, 2.05) is 18.2 Å². The molecule has 1 aliphatic rings. The number of aliphatic hydroxyl groups is 1. The molecule has 1 aliphatic heterocycles. The van der Waals surface area contributed by atoms with Crippen LogP contribution in [-0.4, -0.2) is 58.9 Å². The van der Waals surface area contributed by atoms with Crippen molar-refractivity contribution in [1.29, 1.82) is 0 Å². The Morgan fingerprint density at radius 3 is 2.80 bits per heavy atom. The molecule has 3 aromatic rings. The number of fused-ring (bicyclic) bond motifs is 1. The van der Waals surface area contributed by atoms with Gasteiger partial charge in [-0.2, -0.15) is 0 Å². The van der Waals surface area contributed by atoms with Crippen molar-refractivity contribution in [3.63, 3.8) is 0 Å². The number of hydrogen-bond acceptors (Lipinski definition) is 5. The SMILES string of the molecule is CC(=O)n1ccc2cccc(OCC(O)CN3CCC(Oc4ccc(F)cc4)C3)c21. The van der Waals surface area contributed by atoms with Gasteiger partial charge in [0.25, 0.3) is 0 Å². The Hall–Kier alpha value is -2.90. The minimum atomic E-state index is -0.675. The number of hydrogen-bond donors (Lipinski definition) is 1. The first-order valence-electron chi connectivity index (χ1n) is 10.1. The predicted molar refractivity (Wildman–Crippen MR) is 112 cm³/mol. The topological polar surface area (TPSA) is 63.9 Å². The van der Waals surface area contributed by atoms with E-state index >= 15 is 0 Å². The van der Waals surface area contributed by atoms with Crippen LogP contribution in [0.1, 0.15) is 18.1 Å². The summed E-state index contributed by atoms with van der Waals surface area (Å²) in [5.74, 6) is 0.843. The van der Waals surface area contributed by atoms with Gasteiger partial charge in [-0.25, -0.2) is 4.39 Å². The molecule has 2 heterocycles. The van der Waals surface area contributed by atoms with Gasteiger partial charge in [-0.05, 0) is 42.8 Å². The number of rotatable bonds is 7.